The van der Waals surface area contributed by atoms with Crippen molar-refractivity contribution in [1.82, 2.24) is 0 Å². The van der Waals surface area contributed by atoms with E-state index in [-0.39, 0.29) is 0 Å². The summed E-state index contributed by atoms with van der Waals surface area (Å²) in [5.41, 5.74) is 1.19. The minimum Gasteiger partial charge on any atom is -0.493 e. The lowest BCUT2D eigenvalue weighted by Gasteiger charge is -2.11. The molecule has 16 heavy (non-hydrogen) atoms. The fourth-order valence-electron chi connectivity index (χ4n) is 1.30. The van der Waals surface area contributed by atoms with Crippen molar-refractivity contribution in [2.24, 2.45) is 0 Å². The SMILES string of the molecule is COc1cc(CBr)ccc1OCCCSC. The average Bonchev–Trinajstić information content (AvgIpc) is 2.34. The van der Waals surface area contributed by atoms with E-state index < -0.39 is 0 Å². The summed E-state index contributed by atoms with van der Waals surface area (Å²) < 4.78 is 11.0. The van der Waals surface area contributed by atoms with Gasteiger partial charge in [0.25, 0.3) is 0 Å². The standard InChI is InChI=1S/C12H17BrO2S/c1-14-12-8-10(9-13)4-5-11(12)15-6-3-7-16-2/h4-5,8H,3,6-7,9H2,1-2H3. The van der Waals surface area contributed by atoms with Crippen LogP contribution in [0.5, 0.6) is 11.5 Å². The summed E-state index contributed by atoms with van der Waals surface area (Å²) in [4.78, 5) is 0. The Morgan fingerprint density at radius 1 is 1.31 bits per heavy atom. The van der Waals surface area contributed by atoms with Crippen molar-refractivity contribution < 1.29 is 9.47 Å². The van der Waals surface area contributed by atoms with Crippen LogP contribution in [0, 0.1) is 0 Å². The highest BCUT2D eigenvalue weighted by Crippen LogP contribution is 2.28. The third-order valence-electron chi connectivity index (χ3n) is 2.13. The van der Waals surface area contributed by atoms with E-state index in [9.17, 15) is 0 Å². The summed E-state index contributed by atoms with van der Waals surface area (Å²) in [5, 5.41) is 0.829. The van der Waals surface area contributed by atoms with Gasteiger partial charge in [0.15, 0.2) is 11.5 Å². The maximum Gasteiger partial charge on any atom is 0.161 e. The van der Waals surface area contributed by atoms with Crippen molar-refractivity contribution in [1.29, 1.82) is 0 Å². The van der Waals surface area contributed by atoms with Gasteiger partial charge in [-0.15, -0.1) is 0 Å². The molecule has 4 heteroatoms. The van der Waals surface area contributed by atoms with Gasteiger partial charge in [0, 0.05) is 5.33 Å². The zero-order valence-electron chi connectivity index (χ0n) is 9.66. The average molecular weight is 305 g/mol. The first-order valence-electron chi connectivity index (χ1n) is 5.16. The van der Waals surface area contributed by atoms with Crippen molar-refractivity contribution in [2.75, 3.05) is 25.7 Å². The monoisotopic (exact) mass is 304 g/mol. The van der Waals surface area contributed by atoms with Gasteiger partial charge in [0.1, 0.15) is 0 Å². The Bertz CT molecular complexity index is 318. The summed E-state index contributed by atoms with van der Waals surface area (Å²) in [6.07, 6.45) is 3.16. The predicted molar refractivity (Wildman–Crippen MR) is 74.1 cm³/mol. The van der Waals surface area contributed by atoms with E-state index in [2.05, 4.69) is 22.2 Å². The van der Waals surface area contributed by atoms with Crippen LogP contribution in [0.3, 0.4) is 0 Å². The van der Waals surface area contributed by atoms with Crippen molar-refractivity contribution in [3.8, 4) is 11.5 Å². The van der Waals surface area contributed by atoms with E-state index in [1.165, 1.54) is 5.56 Å². The molecule has 0 aliphatic carbocycles. The van der Waals surface area contributed by atoms with E-state index in [0.717, 1.165) is 35.6 Å². The second-order valence-corrected chi connectivity index (χ2v) is 4.86. The minimum absolute atomic E-state index is 0.741. The topological polar surface area (TPSA) is 18.5 Å². The summed E-state index contributed by atoms with van der Waals surface area (Å²) in [6, 6.07) is 6.01. The fraction of sp³-hybridized carbons (Fsp3) is 0.500. The molecule has 2 nitrogen and oxygen atoms in total. The number of methoxy groups -OCH3 is 1. The van der Waals surface area contributed by atoms with E-state index in [4.69, 9.17) is 9.47 Å². The Labute approximate surface area is 110 Å². The lowest BCUT2D eigenvalue weighted by molar-refractivity contribution is 0.295. The normalized spacial score (nSPS) is 10.2. The highest BCUT2D eigenvalue weighted by atomic mass is 79.9. The molecule has 1 rings (SSSR count). The first kappa shape index (κ1) is 13.7. The van der Waals surface area contributed by atoms with E-state index in [1.807, 2.05) is 30.0 Å². The molecule has 0 radical (unpaired) electrons. The number of rotatable bonds is 7. The van der Waals surface area contributed by atoms with Gasteiger partial charge in [-0.3, -0.25) is 0 Å². The molecule has 0 saturated carbocycles. The van der Waals surface area contributed by atoms with Crippen LogP contribution in [0.15, 0.2) is 18.2 Å². The molecule has 1 aromatic rings. The molecular weight excluding hydrogens is 288 g/mol. The van der Waals surface area contributed by atoms with Gasteiger partial charge >= 0.3 is 0 Å². The molecule has 90 valence electrons. The molecule has 0 amide bonds. The molecule has 0 aliphatic rings. The number of benzene rings is 1. The Morgan fingerprint density at radius 3 is 2.75 bits per heavy atom. The maximum atomic E-state index is 5.68. The van der Waals surface area contributed by atoms with E-state index in [1.54, 1.807) is 7.11 Å². The van der Waals surface area contributed by atoms with Crippen molar-refractivity contribution in [3.05, 3.63) is 23.8 Å². The summed E-state index contributed by atoms with van der Waals surface area (Å²) >= 11 is 5.25. The summed E-state index contributed by atoms with van der Waals surface area (Å²) in [7, 11) is 1.67. The molecule has 0 unspecified atom stereocenters. The smallest absolute Gasteiger partial charge is 0.161 e. The highest BCUT2D eigenvalue weighted by Gasteiger charge is 2.04. The molecule has 0 aliphatic heterocycles. The predicted octanol–water partition coefficient (Wildman–Crippen LogP) is 3.72. The molecular formula is C12H17BrO2S. The van der Waals surface area contributed by atoms with Gasteiger partial charge in [0.2, 0.25) is 0 Å². The zero-order valence-corrected chi connectivity index (χ0v) is 12.1. The van der Waals surface area contributed by atoms with Gasteiger partial charge in [0.05, 0.1) is 13.7 Å². The maximum absolute atomic E-state index is 5.68. The van der Waals surface area contributed by atoms with Crippen LogP contribution in [-0.4, -0.2) is 25.7 Å². The molecule has 0 N–H and O–H groups in total. The number of ether oxygens (including phenoxy) is 2. The van der Waals surface area contributed by atoms with Gasteiger partial charge in [-0.25, -0.2) is 0 Å². The summed E-state index contributed by atoms with van der Waals surface area (Å²) in [6.45, 7) is 0.741. The number of hydrogen-bond donors (Lipinski definition) is 0. The van der Waals surface area contributed by atoms with Crippen LogP contribution in [-0.2, 0) is 5.33 Å². The molecule has 0 spiro atoms. The Hall–Kier alpha value is -0.350. The molecule has 0 bridgehead atoms. The molecule has 0 aromatic heterocycles. The van der Waals surface area contributed by atoms with Crippen LogP contribution in [0.1, 0.15) is 12.0 Å². The fourth-order valence-corrected chi connectivity index (χ4v) is 2.06. The first-order chi connectivity index (χ1) is 7.81. The summed E-state index contributed by atoms with van der Waals surface area (Å²) in [5.74, 6) is 2.76. The van der Waals surface area contributed by atoms with Crippen LogP contribution >= 0.6 is 27.7 Å². The third kappa shape index (κ3) is 4.26. The Balaban J connectivity index is 2.57. The number of thioether (sulfide) groups is 1. The second kappa shape index (κ2) is 7.85. The van der Waals surface area contributed by atoms with Gasteiger partial charge in [-0.05, 0) is 36.1 Å². The van der Waals surface area contributed by atoms with Crippen LogP contribution in [0.25, 0.3) is 0 Å². The Morgan fingerprint density at radius 2 is 2.12 bits per heavy atom. The molecule has 0 saturated heterocycles. The second-order valence-electron chi connectivity index (χ2n) is 3.31. The van der Waals surface area contributed by atoms with Gasteiger partial charge < -0.3 is 9.47 Å². The largest absolute Gasteiger partial charge is 0.493 e. The molecule has 0 atom stereocenters. The van der Waals surface area contributed by atoms with Gasteiger partial charge in [-0.1, -0.05) is 22.0 Å². The van der Waals surface area contributed by atoms with Crippen molar-refractivity contribution in [3.63, 3.8) is 0 Å². The quantitative estimate of drug-likeness (QED) is 0.565. The van der Waals surface area contributed by atoms with Crippen LogP contribution in [0.4, 0.5) is 0 Å². The molecule has 0 heterocycles. The number of hydrogen-bond acceptors (Lipinski definition) is 3. The highest BCUT2D eigenvalue weighted by molar-refractivity contribution is 9.08. The number of alkyl halides is 1. The number of halogens is 1. The molecule has 1 aromatic carbocycles. The van der Waals surface area contributed by atoms with Crippen molar-refractivity contribution >= 4 is 27.7 Å². The zero-order chi connectivity index (χ0) is 11.8. The first-order valence-corrected chi connectivity index (χ1v) is 7.68. The lowest BCUT2D eigenvalue weighted by atomic mass is 10.2. The van der Waals surface area contributed by atoms with Crippen LogP contribution in [0.2, 0.25) is 0 Å². The van der Waals surface area contributed by atoms with Crippen molar-refractivity contribution in [2.45, 2.75) is 11.8 Å². The Kier molecular flexibility index (Phi) is 6.73. The third-order valence-corrected chi connectivity index (χ3v) is 3.48. The van der Waals surface area contributed by atoms with Gasteiger partial charge in [-0.2, -0.15) is 11.8 Å². The van der Waals surface area contributed by atoms with E-state index >= 15 is 0 Å². The minimum atomic E-state index is 0.741. The lowest BCUT2D eigenvalue weighted by Crippen LogP contribution is -2.00. The molecule has 0 fully saturated rings. The van der Waals surface area contributed by atoms with Crippen LogP contribution < -0.4 is 9.47 Å². The van der Waals surface area contributed by atoms with E-state index in [0.29, 0.717) is 0 Å².